The third-order valence-corrected chi connectivity index (χ3v) is 3.97. The molecule has 1 amide bonds. The average Bonchev–Trinajstić information content (AvgIpc) is 2.85. The molecule has 5 nitrogen and oxygen atoms in total. The van der Waals surface area contributed by atoms with E-state index in [1.807, 2.05) is 13.8 Å². The van der Waals surface area contributed by atoms with Crippen molar-refractivity contribution < 1.29 is 9.53 Å². The topological polar surface area (TPSA) is 55.3 Å². The molecule has 1 aliphatic heterocycles. The summed E-state index contributed by atoms with van der Waals surface area (Å²) in [5.74, 6) is 0.391. The lowest BCUT2D eigenvalue weighted by atomic mass is 10.2. The second-order valence-electron chi connectivity index (χ2n) is 4.34. The van der Waals surface area contributed by atoms with E-state index in [0.29, 0.717) is 23.8 Å². The first-order valence-electron chi connectivity index (χ1n) is 5.97. The van der Waals surface area contributed by atoms with Crippen molar-refractivity contribution in [3.63, 3.8) is 0 Å². The third kappa shape index (κ3) is 2.81. The number of ether oxygens (including phenoxy) is 1. The van der Waals surface area contributed by atoms with Crippen LogP contribution in [0, 0.1) is 0 Å². The summed E-state index contributed by atoms with van der Waals surface area (Å²) in [6.45, 7) is 5.04. The number of nitrogens with zero attached hydrogens (tertiary/aromatic N) is 3. The number of aryl methyl sites for hydroxylation is 1. The van der Waals surface area contributed by atoms with Crippen molar-refractivity contribution in [3.05, 3.63) is 10.6 Å². The number of carbonyl (C=O) groups excluding carboxylic acids is 1. The summed E-state index contributed by atoms with van der Waals surface area (Å²) in [6, 6.07) is 0. The molecule has 1 saturated heterocycles. The number of halogens is 1. The van der Waals surface area contributed by atoms with Gasteiger partial charge in [0.15, 0.2) is 0 Å². The van der Waals surface area contributed by atoms with Crippen LogP contribution in [0.2, 0.25) is 0 Å². The van der Waals surface area contributed by atoms with Crippen LogP contribution in [0.4, 0.5) is 0 Å². The van der Waals surface area contributed by atoms with Crippen LogP contribution in [-0.2, 0) is 11.2 Å². The molecule has 0 radical (unpaired) electrons. The molecule has 7 heteroatoms. The number of carbonyl (C=O) groups is 1. The van der Waals surface area contributed by atoms with E-state index in [9.17, 15) is 4.79 Å². The van der Waals surface area contributed by atoms with Crippen LogP contribution < -0.4 is 0 Å². The van der Waals surface area contributed by atoms with Crippen molar-refractivity contribution in [1.29, 1.82) is 0 Å². The Labute approximate surface area is 115 Å². The average molecular weight is 290 g/mol. The SMILES string of the molecule is CCc1nnsc1C(=O)N1CC(C)OC(CCl)C1. The fraction of sp³-hybridized carbons (Fsp3) is 0.727. The smallest absolute Gasteiger partial charge is 0.267 e. The van der Waals surface area contributed by atoms with Gasteiger partial charge in [-0.2, -0.15) is 0 Å². The van der Waals surface area contributed by atoms with E-state index in [1.165, 1.54) is 0 Å². The lowest BCUT2D eigenvalue weighted by Gasteiger charge is -2.35. The maximum absolute atomic E-state index is 12.4. The lowest BCUT2D eigenvalue weighted by Crippen LogP contribution is -2.49. The van der Waals surface area contributed by atoms with Crippen molar-refractivity contribution in [2.45, 2.75) is 32.5 Å². The molecule has 0 N–H and O–H groups in total. The van der Waals surface area contributed by atoms with Crippen LogP contribution in [0.1, 0.15) is 29.2 Å². The molecule has 1 aromatic rings. The summed E-state index contributed by atoms with van der Waals surface area (Å²) in [5, 5.41) is 3.97. The van der Waals surface area contributed by atoms with E-state index in [0.717, 1.165) is 23.6 Å². The maximum Gasteiger partial charge on any atom is 0.267 e. The van der Waals surface area contributed by atoms with Gasteiger partial charge in [0.1, 0.15) is 4.88 Å². The van der Waals surface area contributed by atoms with Gasteiger partial charge in [0.2, 0.25) is 0 Å². The normalized spacial score (nSPS) is 24.3. The first-order chi connectivity index (χ1) is 8.65. The number of rotatable bonds is 3. The maximum atomic E-state index is 12.4. The zero-order chi connectivity index (χ0) is 13.1. The van der Waals surface area contributed by atoms with Crippen molar-refractivity contribution in [3.8, 4) is 0 Å². The van der Waals surface area contributed by atoms with E-state index in [-0.39, 0.29) is 18.1 Å². The largest absolute Gasteiger partial charge is 0.370 e. The van der Waals surface area contributed by atoms with Crippen molar-refractivity contribution >= 4 is 29.0 Å². The van der Waals surface area contributed by atoms with Gasteiger partial charge in [-0.05, 0) is 24.9 Å². The van der Waals surface area contributed by atoms with Crippen LogP contribution in [0.5, 0.6) is 0 Å². The van der Waals surface area contributed by atoms with Gasteiger partial charge in [-0.3, -0.25) is 4.79 Å². The minimum Gasteiger partial charge on any atom is -0.370 e. The first kappa shape index (κ1) is 13.7. The molecule has 1 fully saturated rings. The molecule has 1 aliphatic rings. The fourth-order valence-corrected chi connectivity index (χ4v) is 2.93. The lowest BCUT2D eigenvalue weighted by molar-refractivity contribution is -0.0569. The second-order valence-corrected chi connectivity index (χ2v) is 5.40. The summed E-state index contributed by atoms with van der Waals surface area (Å²) >= 11 is 6.97. The Morgan fingerprint density at radius 2 is 2.39 bits per heavy atom. The number of hydrogen-bond acceptors (Lipinski definition) is 5. The van der Waals surface area contributed by atoms with E-state index in [2.05, 4.69) is 9.59 Å². The monoisotopic (exact) mass is 289 g/mol. The highest BCUT2D eigenvalue weighted by Gasteiger charge is 2.30. The first-order valence-corrected chi connectivity index (χ1v) is 7.28. The molecule has 0 aromatic carbocycles. The van der Waals surface area contributed by atoms with Crippen LogP contribution in [0.15, 0.2) is 0 Å². The Bertz CT molecular complexity index is 426. The van der Waals surface area contributed by atoms with Gasteiger partial charge in [0, 0.05) is 13.1 Å². The molecule has 2 atom stereocenters. The van der Waals surface area contributed by atoms with Crippen molar-refractivity contribution in [1.82, 2.24) is 14.5 Å². The molecular formula is C11H16ClN3O2S. The van der Waals surface area contributed by atoms with Gasteiger partial charge in [-0.1, -0.05) is 11.4 Å². The van der Waals surface area contributed by atoms with E-state index in [4.69, 9.17) is 16.3 Å². The molecule has 2 heterocycles. The molecule has 2 unspecified atom stereocenters. The molecule has 1 aromatic heterocycles. The molecule has 0 aliphatic carbocycles. The van der Waals surface area contributed by atoms with E-state index < -0.39 is 0 Å². The van der Waals surface area contributed by atoms with E-state index in [1.54, 1.807) is 4.90 Å². The minimum absolute atomic E-state index is 0.00730. The molecule has 0 bridgehead atoms. The van der Waals surface area contributed by atoms with Gasteiger partial charge in [-0.25, -0.2) is 0 Å². The Balaban J connectivity index is 2.13. The van der Waals surface area contributed by atoms with Crippen LogP contribution in [0.25, 0.3) is 0 Å². The predicted molar refractivity (Wildman–Crippen MR) is 70.2 cm³/mol. The molecular weight excluding hydrogens is 274 g/mol. The van der Waals surface area contributed by atoms with Crippen LogP contribution in [0.3, 0.4) is 0 Å². The van der Waals surface area contributed by atoms with Crippen molar-refractivity contribution in [2.75, 3.05) is 19.0 Å². The van der Waals surface area contributed by atoms with Gasteiger partial charge in [0.05, 0.1) is 23.8 Å². The minimum atomic E-state index is -0.0923. The zero-order valence-corrected chi connectivity index (χ0v) is 12.0. The highest BCUT2D eigenvalue weighted by Crippen LogP contribution is 2.19. The summed E-state index contributed by atoms with van der Waals surface area (Å²) in [6.07, 6.45) is 0.638. The summed E-state index contributed by atoms with van der Waals surface area (Å²) in [5.41, 5.74) is 0.770. The van der Waals surface area contributed by atoms with Crippen LogP contribution >= 0.6 is 23.1 Å². The zero-order valence-electron chi connectivity index (χ0n) is 10.4. The molecule has 18 heavy (non-hydrogen) atoms. The molecule has 0 saturated carbocycles. The van der Waals surface area contributed by atoms with Gasteiger partial charge < -0.3 is 9.64 Å². The third-order valence-electron chi connectivity index (χ3n) is 2.87. The molecule has 100 valence electrons. The fourth-order valence-electron chi connectivity index (χ4n) is 2.04. The number of alkyl halides is 1. The Hall–Kier alpha value is -0.720. The summed E-state index contributed by atoms with van der Waals surface area (Å²) in [7, 11) is 0. The van der Waals surface area contributed by atoms with Gasteiger partial charge >= 0.3 is 0 Å². The summed E-state index contributed by atoms with van der Waals surface area (Å²) < 4.78 is 9.49. The second kappa shape index (κ2) is 5.95. The quantitative estimate of drug-likeness (QED) is 0.793. The Kier molecular flexibility index (Phi) is 4.53. The van der Waals surface area contributed by atoms with Crippen LogP contribution in [-0.4, -0.2) is 51.6 Å². The van der Waals surface area contributed by atoms with Crippen molar-refractivity contribution in [2.24, 2.45) is 0 Å². The number of aromatic nitrogens is 2. The highest BCUT2D eigenvalue weighted by atomic mass is 35.5. The Morgan fingerprint density at radius 1 is 1.61 bits per heavy atom. The number of morpholine rings is 1. The summed E-state index contributed by atoms with van der Waals surface area (Å²) in [4.78, 5) is 14.8. The van der Waals surface area contributed by atoms with Gasteiger partial charge in [-0.15, -0.1) is 16.7 Å². The molecule has 2 rings (SSSR count). The number of hydrogen-bond donors (Lipinski definition) is 0. The highest BCUT2D eigenvalue weighted by molar-refractivity contribution is 7.08. The molecule has 0 spiro atoms. The predicted octanol–water partition coefficient (Wildman–Crippen LogP) is 1.57. The van der Waals surface area contributed by atoms with Gasteiger partial charge in [0.25, 0.3) is 5.91 Å². The van der Waals surface area contributed by atoms with E-state index >= 15 is 0 Å². The Morgan fingerprint density at radius 3 is 3.06 bits per heavy atom. The standard InChI is InChI=1S/C11H16ClN3O2S/c1-3-9-10(18-14-13-9)11(16)15-5-7(2)17-8(4-12)6-15/h7-8H,3-6H2,1-2H3. The number of amides is 1.